The Morgan fingerprint density at radius 2 is 1.66 bits per heavy atom. The Bertz CT molecular complexity index is 800. The number of nitrogens with zero attached hydrogens (tertiary/aromatic N) is 2. The van der Waals surface area contributed by atoms with Crippen LogP contribution in [-0.4, -0.2) is 60.4 Å². The van der Waals surface area contributed by atoms with Crippen LogP contribution in [0.15, 0.2) is 54.6 Å². The molecule has 1 heterocycles. The molecule has 1 aliphatic rings. The van der Waals surface area contributed by atoms with Crippen LogP contribution in [0.25, 0.3) is 0 Å². The lowest BCUT2D eigenvalue weighted by Gasteiger charge is -2.35. The lowest BCUT2D eigenvalue weighted by Crippen LogP contribution is -2.53. The van der Waals surface area contributed by atoms with E-state index in [4.69, 9.17) is 4.74 Å². The highest BCUT2D eigenvalue weighted by Gasteiger charge is 2.26. The molecule has 0 aromatic heterocycles. The zero-order valence-electron chi connectivity index (χ0n) is 17.1. The van der Waals surface area contributed by atoms with Gasteiger partial charge in [-0.25, -0.2) is 0 Å². The fourth-order valence-corrected chi connectivity index (χ4v) is 3.31. The first-order valence-corrected chi connectivity index (χ1v) is 10.1. The zero-order chi connectivity index (χ0) is 20.6. The maximum absolute atomic E-state index is 12.7. The number of hydrogen-bond acceptors (Lipinski definition) is 4. The van der Waals surface area contributed by atoms with Crippen molar-refractivity contribution in [2.75, 3.05) is 32.7 Å². The molecule has 0 aliphatic carbocycles. The lowest BCUT2D eigenvalue weighted by atomic mass is 10.2. The van der Waals surface area contributed by atoms with E-state index in [9.17, 15) is 9.59 Å². The molecule has 0 radical (unpaired) electrons. The average molecular weight is 396 g/mol. The van der Waals surface area contributed by atoms with Crippen molar-refractivity contribution in [1.29, 1.82) is 0 Å². The van der Waals surface area contributed by atoms with E-state index < -0.39 is 6.10 Å². The number of carbonyl (C=O) groups is 2. The van der Waals surface area contributed by atoms with Gasteiger partial charge in [0, 0.05) is 32.7 Å². The first-order chi connectivity index (χ1) is 14.0. The summed E-state index contributed by atoms with van der Waals surface area (Å²) >= 11 is 0. The smallest absolute Gasteiger partial charge is 0.263 e. The van der Waals surface area contributed by atoms with E-state index in [-0.39, 0.29) is 11.8 Å². The molecule has 6 nitrogen and oxygen atoms in total. The summed E-state index contributed by atoms with van der Waals surface area (Å²) < 4.78 is 5.78. The predicted octanol–water partition coefficient (Wildman–Crippen LogP) is 2.22. The van der Waals surface area contributed by atoms with E-state index in [1.165, 1.54) is 0 Å². The third-order valence-corrected chi connectivity index (χ3v) is 5.07. The molecule has 2 aromatic carbocycles. The highest BCUT2D eigenvalue weighted by atomic mass is 16.5. The van der Waals surface area contributed by atoms with Crippen LogP contribution < -0.4 is 10.1 Å². The van der Waals surface area contributed by atoms with Gasteiger partial charge in [-0.2, -0.15) is 0 Å². The van der Waals surface area contributed by atoms with Crippen LogP contribution in [-0.2, 0) is 16.1 Å². The monoisotopic (exact) mass is 395 g/mol. The summed E-state index contributed by atoms with van der Waals surface area (Å²) in [5.41, 5.74) is 2.24. The van der Waals surface area contributed by atoms with E-state index in [0.717, 1.165) is 11.1 Å². The maximum Gasteiger partial charge on any atom is 0.263 e. The third-order valence-electron chi connectivity index (χ3n) is 5.07. The number of rotatable bonds is 7. The molecule has 1 saturated heterocycles. The Morgan fingerprint density at radius 3 is 2.31 bits per heavy atom. The SMILES string of the molecule is Cc1ccc(O[C@H](C)C(=O)N2CCN(CC(=O)NCc3ccccc3)CC2)cc1. The predicted molar refractivity (Wildman–Crippen MR) is 113 cm³/mol. The molecule has 0 spiro atoms. The van der Waals surface area contributed by atoms with Crippen LogP contribution in [0.1, 0.15) is 18.1 Å². The van der Waals surface area contributed by atoms with Gasteiger partial charge in [0.25, 0.3) is 5.91 Å². The minimum absolute atomic E-state index is 0.00435. The Balaban J connectivity index is 1.39. The van der Waals surface area contributed by atoms with Crippen molar-refractivity contribution in [1.82, 2.24) is 15.1 Å². The molecule has 2 aromatic rings. The molecule has 3 rings (SSSR count). The van der Waals surface area contributed by atoms with Crippen molar-refractivity contribution >= 4 is 11.8 Å². The van der Waals surface area contributed by atoms with E-state index in [0.29, 0.717) is 45.0 Å². The van der Waals surface area contributed by atoms with E-state index in [2.05, 4.69) is 10.2 Å². The number of ether oxygens (including phenoxy) is 1. The fraction of sp³-hybridized carbons (Fsp3) is 0.391. The summed E-state index contributed by atoms with van der Waals surface area (Å²) in [6.07, 6.45) is -0.529. The van der Waals surface area contributed by atoms with Gasteiger partial charge in [0.05, 0.1) is 6.54 Å². The number of hydrogen-bond donors (Lipinski definition) is 1. The molecular weight excluding hydrogens is 366 g/mol. The summed E-state index contributed by atoms with van der Waals surface area (Å²) in [5, 5.41) is 2.95. The van der Waals surface area contributed by atoms with Gasteiger partial charge in [-0.1, -0.05) is 48.0 Å². The van der Waals surface area contributed by atoms with Crippen molar-refractivity contribution in [3.05, 3.63) is 65.7 Å². The van der Waals surface area contributed by atoms with Crippen LogP contribution in [0.4, 0.5) is 0 Å². The molecule has 1 fully saturated rings. The first kappa shape index (κ1) is 20.9. The normalized spacial score (nSPS) is 15.6. The average Bonchev–Trinajstić information content (AvgIpc) is 2.74. The minimum Gasteiger partial charge on any atom is -0.481 e. The molecular formula is C23H29N3O3. The zero-order valence-corrected chi connectivity index (χ0v) is 17.1. The van der Waals surface area contributed by atoms with Crippen molar-refractivity contribution in [3.63, 3.8) is 0 Å². The number of aryl methyl sites for hydroxylation is 1. The van der Waals surface area contributed by atoms with Gasteiger partial charge < -0.3 is 15.0 Å². The second kappa shape index (κ2) is 10.1. The van der Waals surface area contributed by atoms with E-state index in [1.54, 1.807) is 6.92 Å². The quantitative estimate of drug-likeness (QED) is 0.781. The van der Waals surface area contributed by atoms with Crippen molar-refractivity contribution in [3.8, 4) is 5.75 Å². The lowest BCUT2D eigenvalue weighted by molar-refractivity contribution is -0.139. The highest BCUT2D eigenvalue weighted by molar-refractivity contribution is 5.81. The van der Waals surface area contributed by atoms with Gasteiger partial charge in [-0.3, -0.25) is 14.5 Å². The number of piperazine rings is 1. The third kappa shape index (κ3) is 6.32. The summed E-state index contributed by atoms with van der Waals surface area (Å²) in [4.78, 5) is 28.7. The Morgan fingerprint density at radius 1 is 1.00 bits per heavy atom. The van der Waals surface area contributed by atoms with Crippen molar-refractivity contribution in [2.24, 2.45) is 0 Å². The van der Waals surface area contributed by atoms with Crippen molar-refractivity contribution in [2.45, 2.75) is 26.5 Å². The molecule has 6 heteroatoms. The molecule has 154 valence electrons. The highest BCUT2D eigenvalue weighted by Crippen LogP contribution is 2.15. The molecule has 29 heavy (non-hydrogen) atoms. The van der Waals surface area contributed by atoms with Crippen LogP contribution in [0, 0.1) is 6.92 Å². The van der Waals surface area contributed by atoms with E-state index in [1.807, 2.05) is 66.4 Å². The fourth-order valence-electron chi connectivity index (χ4n) is 3.31. The van der Waals surface area contributed by atoms with Crippen molar-refractivity contribution < 1.29 is 14.3 Å². The molecule has 1 atom stereocenters. The summed E-state index contributed by atoms with van der Waals surface area (Å²) in [6, 6.07) is 17.6. The Kier molecular flexibility index (Phi) is 7.25. The molecule has 0 saturated carbocycles. The topological polar surface area (TPSA) is 61.9 Å². The van der Waals surface area contributed by atoms with Gasteiger partial charge in [0.2, 0.25) is 5.91 Å². The first-order valence-electron chi connectivity index (χ1n) is 10.1. The number of nitrogens with one attached hydrogen (secondary N) is 1. The van der Waals surface area contributed by atoms with Gasteiger partial charge >= 0.3 is 0 Å². The van der Waals surface area contributed by atoms with Gasteiger partial charge in [-0.15, -0.1) is 0 Å². The standard InChI is InChI=1S/C23H29N3O3/c1-18-8-10-21(11-9-18)29-19(2)23(28)26-14-12-25(13-15-26)17-22(27)24-16-20-6-4-3-5-7-20/h3-11,19H,12-17H2,1-2H3,(H,24,27)/t19-/m1/s1. The minimum atomic E-state index is -0.529. The van der Waals surface area contributed by atoms with Gasteiger partial charge in [0.1, 0.15) is 5.75 Å². The molecule has 1 N–H and O–H groups in total. The van der Waals surface area contributed by atoms with Crippen LogP contribution in [0.5, 0.6) is 5.75 Å². The summed E-state index contributed by atoms with van der Waals surface area (Å²) in [7, 11) is 0. The number of carbonyl (C=O) groups excluding carboxylic acids is 2. The van der Waals surface area contributed by atoms with Crippen LogP contribution in [0.3, 0.4) is 0 Å². The van der Waals surface area contributed by atoms with Crippen LogP contribution >= 0.6 is 0 Å². The Hall–Kier alpha value is -2.86. The largest absolute Gasteiger partial charge is 0.481 e. The van der Waals surface area contributed by atoms with Gasteiger partial charge in [0.15, 0.2) is 6.10 Å². The molecule has 0 unspecified atom stereocenters. The van der Waals surface area contributed by atoms with Crippen LogP contribution in [0.2, 0.25) is 0 Å². The second-order valence-electron chi connectivity index (χ2n) is 7.44. The van der Waals surface area contributed by atoms with Gasteiger partial charge in [-0.05, 0) is 31.5 Å². The second-order valence-corrected chi connectivity index (χ2v) is 7.44. The molecule has 2 amide bonds. The summed E-state index contributed by atoms with van der Waals surface area (Å²) in [6.45, 7) is 7.25. The number of benzene rings is 2. The van der Waals surface area contributed by atoms with E-state index >= 15 is 0 Å². The summed E-state index contributed by atoms with van der Waals surface area (Å²) in [5.74, 6) is 0.689. The maximum atomic E-state index is 12.7. The number of amides is 2. The Labute approximate surface area is 172 Å². The molecule has 0 bridgehead atoms. The molecule has 1 aliphatic heterocycles.